The van der Waals surface area contributed by atoms with Crippen molar-refractivity contribution in [2.24, 2.45) is 0 Å². The van der Waals surface area contributed by atoms with Crippen molar-refractivity contribution >= 4 is 21.6 Å². The number of nitrogens with one attached hydrogen (secondary N) is 1. The molecule has 2 aromatic carbocycles. The summed E-state index contributed by atoms with van der Waals surface area (Å²) < 4.78 is 44.8. The molecule has 0 saturated carbocycles. The third kappa shape index (κ3) is 5.13. The zero-order valence-corrected chi connectivity index (χ0v) is 19.8. The van der Waals surface area contributed by atoms with Crippen LogP contribution in [-0.2, 0) is 14.8 Å². The Labute approximate surface area is 199 Å². The van der Waals surface area contributed by atoms with Crippen molar-refractivity contribution < 1.29 is 27.4 Å². The zero-order chi connectivity index (χ0) is 23.5. The number of benzene rings is 2. The van der Waals surface area contributed by atoms with Gasteiger partial charge in [-0.2, -0.15) is 0 Å². The summed E-state index contributed by atoms with van der Waals surface area (Å²) in [6, 6.07) is 11.0. The standard InChI is InChI=1S/C24H29N3O6S/c28-24(27-11-9-26(10-12-27)17-20-2-1-13-31-20)18-3-5-19(6-4-18)25-34(29,30)21-7-8-22-23(16-21)33-15-14-32-22/h3-8,16,20,25H,1-2,9-15,17H2/t20-/m0/s1. The van der Waals surface area contributed by atoms with Gasteiger partial charge >= 0.3 is 0 Å². The van der Waals surface area contributed by atoms with Gasteiger partial charge in [0.15, 0.2) is 11.5 Å². The first-order chi connectivity index (χ1) is 16.5. The van der Waals surface area contributed by atoms with Crippen molar-refractivity contribution in [2.75, 3.05) is 57.3 Å². The van der Waals surface area contributed by atoms with E-state index in [2.05, 4.69) is 9.62 Å². The first kappa shape index (κ1) is 22.9. The largest absolute Gasteiger partial charge is 0.486 e. The monoisotopic (exact) mass is 487 g/mol. The number of fused-ring (bicyclic) bond motifs is 1. The molecule has 3 aliphatic heterocycles. The summed E-state index contributed by atoms with van der Waals surface area (Å²) in [6.45, 7) is 5.61. The van der Waals surface area contributed by atoms with Crippen molar-refractivity contribution in [1.82, 2.24) is 9.80 Å². The Morgan fingerprint density at radius 2 is 1.68 bits per heavy atom. The summed E-state index contributed by atoms with van der Waals surface area (Å²) in [6.07, 6.45) is 2.57. The Bertz CT molecular complexity index is 1120. The summed E-state index contributed by atoms with van der Waals surface area (Å²) in [4.78, 5) is 17.2. The molecule has 5 rings (SSSR count). The van der Waals surface area contributed by atoms with Crippen LogP contribution in [0.3, 0.4) is 0 Å². The van der Waals surface area contributed by atoms with Gasteiger partial charge in [-0.1, -0.05) is 0 Å². The van der Waals surface area contributed by atoms with Crippen LogP contribution in [0.4, 0.5) is 5.69 Å². The van der Waals surface area contributed by atoms with Gasteiger partial charge in [-0.25, -0.2) is 8.42 Å². The minimum absolute atomic E-state index is 0.0435. The number of hydrogen-bond donors (Lipinski definition) is 1. The Morgan fingerprint density at radius 3 is 2.38 bits per heavy atom. The third-order valence-electron chi connectivity index (χ3n) is 6.35. The highest BCUT2D eigenvalue weighted by Gasteiger charge is 2.26. The van der Waals surface area contributed by atoms with E-state index in [9.17, 15) is 13.2 Å². The number of anilines is 1. The summed E-state index contributed by atoms with van der Waals surface area (Å²) >= 11 is 0. The minimum Gasteiger partial charge on any atom is -0.486 e. The maximum absolute atomic E-state index is 12.9. The number of ether oxygens (including phenoxy) is 3. The molecule has 2 aromatic rings. The van der Waals surface area contributed by atoms with Gasteiger partial charge in [0.25, 0.3) is 15.9 Å². The first-order valence-corrected chi connectivity index (χ1v) is 13.1. The Hall–Kier alpha value is -2.82. The Morgan fingerprint density at radius 1 is 0.941 bits per heavy atom. The predicted molar refractivity (Wildman–Crippen MR) is 126 cm³/mol. The van der Waals surface area contributed by atoms with E-state index in [1.54, 1.807) is 30.3 Å². The molecule has 0 radical (unpaired) electrons. The number of sulfonamides is 1. The molecule has 1 amide bonds. The molecular formula is C24H29N3O6S. The SMILES string of the molecule is O=C(c1ccc(NS(=O)(=O)c2ccc3c(c2)OCCO3)cc1)N1CCN(C[C@@H]2CCCO2)CC1. The van der Waals surface area contributed by atoms with E-state index in [4.69, 9.17) is 14.2 Å². The van der Waals surface area contributed by atoms with Gasteiger partial charge in [0.1, 0.15) is 13.2 Å². The second-order valence-electron chi connectivity index (χ2n) is 8.72. The lowest BCUT2D eigenvalue weighted by Crippen LogP contribution is -2.50. The molecule has 3 heterocycles. The molecule has 2 saturated heterocycles. The van der Waals surface area contributed by atoms with Crippen LogP contribution < -0.4 is 14.2 Å². The highest BCUT2D eigenvalue weighted by molar-refractivity contribution is 7.92. The minimum atomic E-state index is -3.81. The van der Waals surface area contributed by atoms with Crippen LogP contribution in [0.2, 0.25) is 0 Å². The Balaban J connectivity index is 1.18. The molecule has 1 N–H and O–H groups in total. The fourth-order valence-corrected chi connectivity index (χ4v) is 5.55. The first-order valence-electron chi connectivity index (χ1n) is 11.6. The van der Waals surface area contributed by atoms with E-state index < -0.39 is 10.0 Å². The van der Waals surface area contributed by atoms with Crippen molar-refractivity contribution in [3.63, 3.8) is 0 Å². The second-order valence-corrected chi connectivity index (χ2v) is 10.4. The van der Waals surface area contributed by atoms with E-state index in [0.29, 0.717) is 55.2 Å². The molecule has 2 fully saturated rings. The van der Waals surface area contributed by atoms with Crippen molar-refractivity contribution in [3.8, 4) is 11.5 Å². The summed E-state index contributed by atoms with van der Waals surface area (Å²) in [5.74, 6) is 0.893. The molecule has 182 valence electrons. The topological polar surface area (TPSA) is 97.4 Å². The van der Waals surface area contributed by atoms with Crippen LogP contribution in [-0.4, -0.2) is 82.8 Å². The van der Waals surface area contributed by atoms with Gasteiger partial charge in [0.05, 0.1) is 11.0 Å². The second kappa shape index (κ2) is 9.81. The van der Waals surface area contributed by atoms with Crippen LogP contribution in [0, 0.1) is 0 Å². The number of amides is 1. The molecule has 34 heavy (non-hydrogen) atoms. The van der Waals surface area contributed by atoms with Crippen LogP contribution in [0.5, 0.6) is 11.5 Å². The molecule has 0 spiro atoms. The average Bonchev–Trinajstić information content (AvgIpc) is 3.37. The summed E-state index contributed by atoms with van der Waals surface area (Å²) in [5.41, 5.74) is 0.919. The summed E-state index contributed by atoms with van der Waals surface area (Å²) in [5, 5.41) is 0. The lowest BCUT2D eigenvalue weighted by Gasteiger charge is -2.35. The van der Waals surface area contributed by atoms with Gasteiger partial charge < -0.3 is 19.1 Å². The average molecular weight is 488 g/mol. The van der Waals surface area contributed by atoms with E-state index >= 15 is 0 Å². The lowest BCUT2D eigenvalue weighted by molar-refractivity contribution is 0.0432. The van der Waals surface area contributed by atoms with Gasteiger partial charge in [-0.05, 0) is 49.2 Å². The maximum atomic E-state index is 12.9. The van der Waals surface area contributed by atoms with Crippen molar-refractivity contribution in [1.29, 1.82) is 0 Å². The molecular weight excluding hydrogens is 458 g/mol. The lowest BCUT2D eigenvalue weighted by atomic mass is 10.1. The fraction of sp³-hybridized carbons (Fsp3) is 0.458. The molecule has 9 nitrogen and oxygen atoms in total. The van der Waals surface area contributed by atoms with Gasteiger partial charge in [-0.3, -0.25) is 14.4 Å². The molecule has 0 unspecified atom stereocenters. The van der Waals surface area contributed by atoms with Crippen LogP contribution in [0.1, 0.15) is 23.2 Å². The number of carbonyl (C=O) groups is 1. The van der Waals surface area contributed by atoms with Gasteiger partial charge in [0.2, 0.25) is 0 Å². The number of carbonyl (C=O) groups excluding carboxylic acids is 1. The van der Waals surface area contributed by atoms with Gasteiger partial charge in [0, 0.05) is 56.6 Å². The highest BCUT2D eigenvalue weighted by Crippen LogP contribution is 2.32. The number of hydrogen-bond acceptors (Lipinski definition) is 7. The van der Waals surface area contributed by atoms with E-state index in [0.717, 1.165) is 39.1 Å². The number of piperazine rings is 1. The van der Waals surface area contributed by atoms with E-state index in [1.807, 2.05) is 4.90 Å². The van der Waals surface area contributed by atoms with Crippen molar-refractivity contribution in [2.45, 2.75) is 23.8 Å². The quantitative estimate of drug-likeness (QED) is 0.667. The zero-order valence-electron chi connectivity index (χ0n) is 18.9. The third-order valence-corrected chi connectivity index (χ3v) is 7.73. The van der Waals surface area contributed by atoms with E-state index in [-0.39, 0.29) is 10.8 Å². The van der Waals surface area contributed by atoms with Crippen LogP contribution in [0.25, 0.3) is 0 Å². The molecule has 3 aliphatic rings. The Kier molecular flexibility index (Phi) is 6.62. The molecule has 0 bridgehead atoms. The molecule has 0 aliphatic carbocycles. The molecule has 10 heteroatoms. The van der Waals surface area contributed by atoms with E-state index in [1.165, 1.54) is 12.1 Å². The molecule has 0 aromatic heterocycles. The smallest absolute Gasteiger partial charge is 0.262 e. The predicted octanol–water partition coefficient (Wildman–Crippen LogP) is 2.20. The molecule has 1 atom stereocenters. The van der Waals surface area contributed by atoms with Crippen LogP contribution >= 0.6 is 0 Å². The number of nitrogens with zero attached hydrogens (tertiary/aromatic N) is 2. The summed E-state index contributed by atoms with van der Waals surface area (Å²) in [7, 11) is -3.81. The van der Waals surface area contributed by atoms with Crippen molar-refractivity contribution in [3.05, 3.63) is 48.0 Å². The van der Waals surface area contributed by atoms with Gasteiger partial charge in [-0.15, -0.1) is 0 Å². The number of rotatable bonds is 6. The fourth-order valence-electron chi connectivity index (χ4n) is 4.48. The normalized spacial score (nSPS) is 20.8. The van der Waals surface area contributed by atoms with Crippen LogP contribution in [0.15, 0.2) is 47.4 Å². The highest BCUT2D eigenvalue weighted by atomic mass is 32.2. The maximum Gasteiger partial charge on any atom is 0.262 e.